The van der Waals surface area contributed by atoms with E-state index in [1.165, 1.54) is 6.42 Å². The van der Waals surface area contributed by atoms with Crippen LogP contribution in [0.5, 0.6) is 0 Å². The molecule has 4 nitrogen and oxygen atoms in total. The molecule has 1 fully saturated rings. The van der Waals surface area contributed by atoms with Crippen LogP contribution in [0.2, 0.25) is 0 Å². The van der Waals surface area contributed by atoms with Crippen molar-refractivity contribution in [2.75, 3.05) is 0 Å². The minimum Gasteiger partial charge on any atom is -0.481 e. The number of hydrogen-bond acceptors (Lipinski definition) is 3. The molecule has 1 aliphatic rings. The van der Waals surface area contributed by atoms with Crippen LogP contribution in [0.1, 0.15) is 46.0 Å². The molecule has 1 saturated carbocycles. The minimum absolute atomic E-state index is 0.0677. The molecule has 1 aliphatic carbocycles. The van der Waals surface area contributed by atoms with Gasteiger partial charge in [-0.15, -0.1) is 0 Å². The van der Waals surface area contributed by atoms with Crippen molar-refractivity contribution in [3.05, 3.63) is 0 Å². The maximum Gasteiger partial charge on any atom is 0.320 e. The first-order valence-corrected chi connectivity index (χ1v) is 5.95. The lowest BCUT2D eigenvalue weighted by Gasteiger charge is -2.24. The van der Waals surface area contributed by atoms with E-state index >= 15 is 0 Å². The third kappa shape index (κ3) is 3.51. The zero-order chi connectivity index (χ0) is 12.1. The monoisotopic (exact) mass is 228 g/mol. The summed E-state index contributed by atoms with van der Waals surface area (Å²) in [5, 5.41) is 8.94. The van der Waals surface area contributed by atoms with Gasteiger partial charge in [-0.05, 0) is 31.6 Å². The zero-order valence-corrected chi connectivity index (χ0v) is 9.94. The number of hydrogen-bond donors (Lipinski definition) is 1. The van der Waals surface area contributed by atoms with Crippen molar-refractivity contribution in [2.24, 2.45) is 11.8 Å². The average molecular weight is 228 g/mol. The second kappa shape index (κ2) is 5.87. The highest BCUT2D eigenvalue weighted by atomic mass is 16.5. The molecule has 0 heterocycles. The Morgan fingerprint density at radius 2 is 1.75 bits per heavy atom. The van der Waals surface area contributed by atoms with Crippen molar-refractivity contribution < 1.29 is 19.4 Å². The fraction of sp³-hybridized carbons (Fsp3) is 0.833. The number of ether oxygens (including phenoxy) is 1. The van der Waals surface area contributed by atoms with Crippen LogP contribution in [0.15, 0.2) is 0 Å². The number of rotatable bonds is 4. The van der Waals surface area contributed by atoms with Crippen molar-refractivity contribution >= 4 is 11.9 Å². The van der Waals surface area contributed by atoms with Gasteiger partial charge in [-0.1, -0.05) is 20.3 Å². The number of carbonyl (C=O) groups excluding carboxylic acids is 1. The summed E-state index contributed by atoms with van der Waals surface area (Å²) in [6.45, 7) is 3.45. The lowest BCUT2D eigenvalue weighted by molar-refractivity contribution is -0.165. The standard InChI is InChI=1S/C12H20O4/c1-8(2)10(11(13)14)12(15)16-9-6-4-3-5-7-9/h8-10H,3-7H2,1-2H3,(H,13,14). The zero-order valence-electron chi connectivity index (χ0n) is 9.94. The summed E-state index contributed by atoms with van der Waals surface area (Å²) in [4.78, 5) is 22.6. The summed E-state index contributed by atoms with van der Waals surface area (Å²) in [5.41, 5.74) is 0. The second-order valence-electron chi connectivity index (χ2n) is 4.76. The maximum absolute atomic E-state index is 11.7. The van der Waals surface area contributed by atoms with Crippen molar-refractivity contribution in [3.63, 3.8) is 0 Å². The van der Waals surface area contributed by atoms with Crippen LogP contribution in [0.25, 0.3) is 0 Å². The molecule has 0 aliphatic heterocycles. The molecule has 16 heavy (non-hydrogen) atoms. The van der Waals surface area contributed by atoms with Crippen LogP contribution in [0.3, 0.4) is 0 Å². The highest BCUT2D eigenvalue weighted by molar-refractivity contribution is 5.94. The van der Waals surface area contributed by atoms with Gasteiger partial charge in [0, 0.05) is 0 Å². The largest absolute Gasteiger partial charge is 0.481 e. The molecule has 1 N–H and O–H groups in total. The molecule has 0 bridgehead atoms. The molecule has 0 aromatic rings. The Hall–Kier alpha value is -1.06. The topological polar surface area (TPSA) is 63.6 Å². The van der Waals surface area contributed by atoms with Crippen LogP contribution in [-0.4, -0.2) is 23.1 Å². The van der Waals surface area contributed by atoms with E-state index in [1.54, 1.807) is 13.8 Å². The number of esters is 1. The van der Waals surface area contributed by atoms with E-state index in [2.05, 4.69) is 0 Å². The predicted octanol–water partition coefficient (Wildman–Crippen LogP) is 2.22. The average Bonchev–Trinajstić information content (AvgIpc) is 2.17. The van der Waals surface area contributed by atoms with Gasteiger partial charge in [-0.25, -0.2) is 0 Å². The van der Waals surface area contributed by atoms with Gasteiger partial charge in [0.15, 0.2) is 5.92 Å². The first-order chi connectivity index (χ1) is 7.52. The summed E-state index contributed by atoms with van der Waals surface area (Å²) in [6, 6.07) is 0. The first-order valence-electron chi connectivity index (χ1n) is 5.95. The fourth-order valence-corrected chi connectivity index (χ4v) is 2.08. The molecule has 4 heteroatoms. The normalized spacial score (nSPS) is 19.4. The highest BCUT2D eigenvalue weighted by Gasteiger charge is 2.33. The maximum atomic E-state index is 11.7. The van der Waals surface area contributed by atoms with Crippen molar-refractivity contribution in [2.45, 2.75) is 52.1 Å². The van der Waals surface area contributed by atoms with Gasteiger partial charge in [0.05, 0.1) is 0 Å². The van der Waals surface area contributed by atoms with Crippen LogP contribution in [-0.2, 0) is 14.3 Å². The molecule has 0 aromatic carbocycles. The third-order valence-corrected chi connectivity index (χ3v) is 3.02. The fourth-order valence-electron chi connectivity index (χ4n) is 2.08. The van der Waals surface area contributed by atoms with Crippen LogP contribution in [0, 0.1) is 11.8 Å². The van der Waals surface area contributed by atoms with Gasteiger partial charge in [0.25, 0.3) is 0 Å². The Morgan fingerprint density at radius 3 is 2.19 bits per heavy atom. The molecule has 1 unspecified atom stereocenters. The molecule has 0 spiro atoms. The van der Waals surface area contributed by atoms with Gasteiger partial charge < -0.3 is 9.84 Å². The van der Waals surface area contributed by atoms with E-state index in [9.17, 15) is 9.59 Å². The summed E-state index contributed by atoms with van der Waals surface area (Å²) < 4.78 is 5.26. The Morgan fingerprint density at radius 1 is 1.19 bits per heavy atom. The van der Waals surface area contributed by atoms with E-state index in [4.69, 9.17) is 9.84 Å². The molecule has 0 saturated heterocycles. The van der Waals surface area contributed by atoms with Gasteiger partial charge in [-0.3, -0.25) is 9.59 Å². The molecular weight excluding hydrogens is 208 g/mol. The summed E-state index contributed by atoms with van der Waals surface area (Å²) in [5.74, 6) is -2.92. The summed E-state index contributed by atoms with van der Waals surface area (Å²) >= 11 is 0. The third-order valence-electron chi connectivity index (χ3n) is 3.02. The Kier molecular flexibility index (Phi) is 4.77. The predicted molar refractivity (Wildman–Crippen MR) is 58.9 cm³/mol. The van der Waals surface area contributed by atoms with Crippen molar-refractivity contribution in [3.8, 4) is 0 Å². The van der Waals surface area contributed by atoms with Crippen LogP contribution >= 0.6 is 0 Å². The van der Waals surface area contributed by atoms with Crippen LogP contribution < -0.4 is 0 Å². The molecule has 0 radical (unpaired) electrons. The van der Waals surface area contributed by atoms with Crippen molar-refractivity contribution in [1.82, 2.24) is 0 Å². The molecule has 0 amide bonds. The first kappa shape index (κ1) is 13.0. The summed E-state index contributed by atoms with van der Waals surface area (Å²) in [7, 11) is 0. The van der Waals surface area contributed by atoms with E-state index in [0.717, 1.165) is 25.7 Å². The van der Waals surface area contributed by atoms with E-state index in [-0.39, 0.29) is 12.0 Å². The molecule has 92 valence electrons. The lowest BCUT2D eigenvalue weighted by Crippen LogP contribution is -2.33. The van der Waals surface area contributed by atoms with Crippen molar-refractivity contribution in [1.29, 1.82) is 0 Å². The minimum atomic E-state index is -1.09. The quantitative estimate of drug-likeness (QED) is 0.592. The molecular formula is C12H20O4. The number of aliphatic carboxylic acids is 1. The van der Waals surface area contributed by atoms with Gasteiger partial charge in [0.2, 0.25) is 0 Å². The molecule has 1 rings (SSSR count). The molecule has 0 aromatic heterocycles. The van der Waals surface area contributed by atoms with Gasteiger partial charge in [-0.2, -0.15) is 0 Å². The van der Waals surface area contributed by atoms with Gasteiger partial charge in [0.1, 0.15) is 6.10 Å². The smallest absolute Gasteiger partial charge is 0.320 e. The van der Waals surface area contributed by atoms with Crippen LogP contribution in [0.4, 0.5) is 0 Å². The van der Waals surface area contributed by atoms with Gasteiger partial charge >= 0.3 is 11.9 Å². The highest BCUT2D eigenvalue weighted by Crippen LogP contribution is 2.23. The number of carboxylic acids is 1. The SMILES string of the molecule is CC(C)C(C(=O)O)C(=O)OC1CCCCC1. The second-order valence-corrected chi connectivity index (χ2v) is 4.76. The van der Waals surface area contributed by atoms with E-state index < -0.39 is 17.9 Å². The Balaban J connectivity index is 2.51. The number of carboxylic acid groups (broad SMARTS) is 1. The Bertz CT molecular complexity index is 254. The summed E-state index contributed by atoms with van der Waals surface area (Å²) in [6.07, 6.45) is 4.99. The number of carbonyl (C=O) groups is 2. The Labute approximate surface area is 96.0 Å². The molecule has 1 atom stereocenters. The van der Waals surface area contributed by atoms with E-state index in [0.29, 0.717) is 0 Å². The van der Waals surface area contributed by atoms with E-state index in [1.807, 2.05) is 0 Å². The lowest BCUT2D eigenvalue weighted by atomic mass is 9.95.